The van der Waals surface area contributed by atoms with Gasteiger partial charge in [0.1, 0.15) is 6.04 Å². The van der Waals surface area contributed by atoms with Crippen molar-refractivity contribution >= 4 is 17.5 Å². The number of methoxy groups -OCH3 is 3. The molecule has 3 aromatic rings. The van der Waals surface area contributed by atoms with E-state index in [2.05, 4.69) is 10.6 Å². The number of carbonyl (C=O) groups excluding carboxylic acids is 2. The minimum atomic E-state index is -0.657. The van der Waals surface area contributed by atoms with E-state index >= 15 is 0 Å². The van der Waals surface area contributed by atoms with Crippen LogP contribution in [0.2, 0.25) is 0 Å². The minimum absolute atomic E-state index is 0.152. The summed E-state index contributed by atoms with van der Waals surface area (Å²) in [7, 11) is 6.40. The second kappa shape index (κ2) is 12.8. The second-order valence-electron chi connectivity index (χ2n) is 10.1. The standard InChI is InChI=1S/C32H37N3O6/c1-19(32(38)35(3)18-21-10-8-7-9-11-21)33-26-15-13-23-24(17-27(26)37)25(34-20(2)36)14-12-22-16-28(39-4)30(40-5)31(41-6)29(22)23/h7-11,13,15-17,19,25H,12,14,18H2,1-6H3,(H,33,37)(H,34,36)/t19-,25-/m0/s1. The summed E-state index contributed by atoms with van der Waals surface area (Å²) >= 11 is 0. The number of hydrogen-bond acceptors (Lipinski definition) is 7. The van der Waals surface area contributed by atoms with E-state index in [9.17, 15) is 14.4 Å². The van der Waals surface area contributed by atoms with Gasteiger partial charge >= 0.3 is 0 Å². The Hall–Kier alpha value is -4.53. The third-order valence-corrected chi connectivity index (χ3v) is 7.30. The lowest BCUT2D eigenvalue weighted by Gasteiger charge is -2.22. The molecule has 1 aliphatic carbocycles. The molecule has 0 bridgehead atoms. The number of hydrogen-bond donors (Lipinski definition) is 2. The first-order chi connectivity index (χ1) is 19.7. The molecule has 0 saturated carbocycles. The van der Waals surface area contributed by atoms with Gasteiger partial charge in [-0.2, -0.15) is 0 Å². The largest absolute Gasteiger partial charge is 0.493 e. The topological polar surface area (TPSA) is 106 Å². The highest BCUT2D eigenvalue weighted by molar-refractivity contribution is 5.85. The summed E-state index contributed by atoms with van der Waals surface area (Å²) < 4.78 is 17.1. The van der Waals surface area contributed by atoms with Gasteiger partial charge in [0.2, 0.25) is 23.0 Å². The molecule has 1 aliphatic rings. The summed E-state index contributed by atoms with van der Waals surface area (Å²) in [5.74, 6) is 1.09. The minimum Gasteiger partial charge on any atom is -0.493 e. The van der Waals surface area contributed by atoms with Crippen LogP contribution in [0.25, 0.3) is 11.1 Å². The number of ether oxygens (including phenoxy) is 3. The quantitative estimate of drug-likeness (QED) is 0.402. The van der Waals surface area contributed by atoms with E-state index in [4.69, 9.17) is 14.2 Å². The highest BCUT2D eigenvalue weighted by atomic mass is 16.5. The predicted octanol–water partition coefficient (Wildman–Crippen LogP) is 4.32. The van der Waals surface area contributed by atoms with Crippen molar-refractivity contribution in [1.29, 1.82) is 0 Å². The van der Waals surface area contributed by atoms with Crippen molar-refractivity contribution in [2.24, 2.45) is 0 Å². The molecule has 0 radical (unpaired) electrons. The van der Waals surface area contributed by atoms with E-state index in [0.29, 0.717) is 42.2 Å². The molecule has 216 valence electrons. The Morgan fingerprint density at radius 2 is 1.71 bits per heavy atom. The zero-order chi connectivity index (χ0) is 29.7. The lowest BCUT2D eigenvalue weighted by molar-refractivity contribution is -0.130. The zero-order valence-electron chi connectivity index (χ0n) is 24.4. The van der Waals surface area contributed by atoms with Gasteiger partial charge < -0.3 is 29.7 Å². The van der Waals surface area contributed by atoms with Crippen molar-refractivity contribution in [3.05, 3.63) is 81.5 Å². The maximum Gasteiger partial charge on any atom is 0.244 e. The summed E-state index contributed by atoms with van der Waals surface area (Å²) in [6, 6.07) is 15.6. The van der Waals surface area contributed by atoms with Crippen molar-refractivity contribution in [1.82, 2.24) is 10.2 Å². The second-order valence-corrected chi connectivity index (χ2v) is 10.1. The number of likely N-dealkylation sites (N-methyl/N-ethyl adjacent to an activating group) is 1. The first kappa shape index (κ1) is 29.5. The van der Waals surface area contributed by atoms with Crippen LogP contribution >= 0.6 is 0 Å². The molecule has 9 heteroatoms. The molecule has 0 aromatic heterocycles. The zero-order valence-corrected chi connectivity index (χ0v) is 24.4. The fourth-order valence-corrected chi connectivity index (χ4v) is 5.39. The lowest BCUT2D eigenvalue weighted by atomic mass is 9.95. The van der Waals surface area contributed by atoms with Gasteiger partial charge in [-0.15, -0.1) is 0 Å². The molecular weight excluding hydrogens is 522 g/mol. The Morgan fingerprint density at radius 1 is 1.00 bits per heavy atom. The lowest BCUT2D eigenvalue weighted by Crippen LogP contribution is -2.39. The van der Waals surface area contributed by atoms with Crippen molar-refractivity contribution in [2.45, 2.75) is 45.3 Å². The first-order valence-corrected chi connectivity index (χ1v) is 13.5. The van der Waals surface area contributed by atoms with E-state index in [0.717, 1.165) is 22.3 Å². The highest BCUT2D eigenvalue weighted by Gasteiger charge is 2.29. The Morgan fingerprint density at radius 3 is 2.34 bits per heavy atom. The molecule has 0 fully saturated rings. The number of aryl methyl sites for hydroxylation is 1. The number of rotatable bonds is 9. The first-order valence-electron chi connectivity index (χ1n) is 13.5. The van der Waals surface area contributed by atoms with E-state index in [-0.39, 0.29) is 22.9 Å². The molecule has 9 nitrogen and oxygen atoms in total. The molecule has 41 heavy (non-hydrogen) atoms. The number of carbonyl (C=O) groups is 2. The van der Waals surface area contributed by atoms with Gasteiger partial charge in [0.15, 0.2) is 11.5 Å². The third-order valence-electron chi connectivity index (χ3n) is 7.30. The van der Waals surface area contributed by atoms with E-state index in [1.807, 2.05) is 42.5 Å². The summed E-state index contributed by atoms with van der Waals surface area (Å²) in [6.45, 7) is 3.64. The van der Waals surface area contributed by atoms with Gasteiger partial charge in [-0.1, -0.05) is 36.4 Å². The number of nitrogens with one attached hydrogen (secondary N) is 2. The Kier molecular flexibility index (Phi) is 9.17. The Balaban J connectivity index is 1.78. The van der Waals surface area contributed by atoms with Gasteiger partial charge in [-0.05, 0) is 60.2 Å². The van der Waals surface area contributed by atoms with Crippen molar-refractivity contribution in [3.8, 4) is 28.4 Å². The van der Waals surface area contributed by atoms with Crippen molar-refractivity contribution in [3.63, 3.8) is 0 Å². The van der Waals surface area contributed by atoms with Crippen LogP contribution in [0.3, 0.4) is 0 Å². The molecule has 2 N–H and O–H groups in total. The average Bonchev–Trinajstić information content (AvgIpc) is 3.20. The molecular formula is C32H37N3O6. The number of benzene rings is 2. The SMILES string of the molecule is COc1cc2c(c(OC)c1OC)-c1ccc(N[C@@H](C)C(=O)N(C)Cc3ccccc3)c(=O)cc1[C@@H](NC(C)=O)CC2. The van der Waals surface area contributed by atoms with Crippen LogP contribution < -0.4 is 30.3 Å². The normalized spacial score (nSPS) is 14.4. The van der Waals surface area contributed by atoms with Gasteiger partial charge in [0.25, 0.3) is 0 Å². The average molecular weight is 560 g/mol. The molecule has 4 rings (SSSR count). The van der Waals surface area contributed by atoms with Crippen LogP contribution in [-0.2, 0) is 22.6 Å². The maximum atomic E-state index is 13.6. The van der Waals surface area contributed by atoms with Crippen LogP contribution in [0, 0.1) is 0 Å². The molecule has 2 amide bonds. The van der Waals surface area contributed by atoms with Gasteiger partial charge in [0.05, 0.1) is 33.1 Å². The third kappa shape index (κ3) is 6.29. The Labute approximate surface area is 240 Å². The van der Waals surface area contributed by atoms with Crippen LogP contribution in [0.15, 0.2) is 59.4 Å². The molecule has 0 saturated heterocycles. The monoisotopic (exact) mass is 559 g/mol. The summed E-state index contributed by atoms with van der Waals surface area (Å²) in [5, 5.41) is 6.12. The van der Waals surface area contributed by atoms with E-state index in [1.165, 1.54) is 13.0 Å². The molecule has 2 atom stereocenters. The molecule has 0 unspecified atom stereocenters. The van der Waals surface area contributed by atoms with Gasteiger partial charge in [-0.25, -0.2) is 0 Å². The fourth-order valence-electron chi connectivity index (χ4n) is 5.39. The smallest absolute Gasteiger partial charge is 0.244 e. The summed E-state index contributed by atoms with van der Waals surface area (Å²) in [6.07, 6.45) is 1.16. The predicted molar refractivity (Wildman–Crippen MR) is 159 cm³/mol. The number of nitrogens with zero attached hydrogens (tertiary/aromatic N) is 1. The van der Waals surface area contributed by atoms with Crippen LogP contribution in [0.5, 0.6) is 17.2 Å². The van der Waals surface area contributed by atoms with E-state index in [1.54, 1.807) is 46.3 Å². The number of anilines is 1. The molecule has 3 aromatic carbocycles. The maximum absolute atomic E-state index is 13.6. The Bertz CT molecular complexity index is 1490. The summed E-state index contributed by atoms with van der Waals surface area (Å²) in [5.41, 5.74) is 4.07. The molecule has 0 spiro atoms. The number of fused-ring (bicyclic) bond motifs is 3. The van der Waals surface area contributed by atoms with Crippen molar-refractivity contribution in [2.75, 3.05) is 33.7 Å². The summed E-state index contributed by atoms with van der Waals surface area (Å²) in [4.78, 5) is 40.5. The fraction of sp³-hybridized carbons (Fsp3) is 0.344. The highest BCUT2D eigenvalue weighted by Crippen LogP contribution is 2.50. The van der Waals surface area contributed by atoms with Gasteiger partial charge in [-0.3, -0.25) is 14.4 Å². The molecule has 0 heterocycles. The van der Waals surface area contributed by atoms with Crippen LogP contribution in [0.1, 0.15) is 43.0 Å². The van der Waals surface area contributed by atoms with Crippen LogP contribution in [0.4, 0.5) is 5.69 Å². The van der Waals surface area contributed by atoms with E-state index < -0.39 is 12.1 Å². The van der Waals surface area contributed by atoms with Crippen LogP contribution in [-0.4, -0.2) is 51.1 Å². The molecule has 0 aliphatic heterocycles. The van der Waals surface area contributed by atoms with Crippen molar-refractivity contribution < 1.29 is 23.8 Å². The van der Waals surface area contributed by atoms with Gasteiger partial charge in [0, 0.05) is 26.1 Å². The number of amides is 2.